The van der Waals surface area contributed by atoms with Gasteiger partial charge in [0.25, 0.3) is 0 Å². The SMILES string of the molecule is CC(=O)C[C@H](CCCN=C(N)N)C(=O)N[C@H](CCCN=C(N)N)C(=O)C[C@H](CCCN=C(N)N)C(=O)N[C@H](CCCN=C(N)N)C(=O)C[C@H](CCCN=C(N)N)C(=O)N[C@H](CCCN=C(N)N)C(=O)C[C@H](CS)C(N)=O. The Balaban J connectivity index is 7.23. The smallest absolute Gasteiger partial charge is 0.224 e. The Morgan fingerprint density at radius 3 is 0.789 bits per heavy atom. The fraction of sp³-hybridized carbons (Fsp3) is 0.689. The van der Waals surface area contributed by atoms with Crippen molar-refractivity contribution in [2.75, 3.05) is 45.0 Å². The predicted molar refractivity (Wildman–Crippen MR) is 296 cm³/mol. The Bertz CT molecular complexity index is 2060. The summed E-state index contributed by atoms with van der Waals surface area (Å²) in [6, 6.07) is -3.63. The fourth-order valence-electron chi connectivity index (χ4n) is 7.69. The van der Waals surface area contributed by atoms with Crippen molar-refractivity contribution in [2.45, 2.75) is 128 Å². The van der Waals surface area contributed by atoms with Gasteiger partial charge in [0.15, 0.2) is 53.1 Å². The van der Waals surface area contributed by atoms with Gasteiger partial charge in [0, 0.05) is 88.5 Å². The Labute approximate surface area is 449 Å². The first-order valence-corrected chi connectivity index (χ1v) is 25.6. The van der Waals surface area contributed by atoms with Gasteiger partial charge in [-0.3, -0.25) is 63.5 Å². The highest BCUT2D eigenvalue weighted by atomic mass is 32.1. The number of thiol groups is 1. The molecule has 0 aromatic heterocycles. The first-order chi connectivity index (χ1) is 35.8. The van der Waals surface area contributed by atoms with Crippen LogP contribution in [0.4, 0.5) is 0 Å². The van der Waals surface area contributed by atoms with Crippen LogP contribution in [0, 0.1) is 23.7 Å². The second kappa shape index (κ2) is 39.0. The highest BCUT2D eigenvalue weighted by Crippen LogP contribution is 2.22. The molecule has 4 amide bonds. The summed E-state index contributed by atoms with van der Waals surface area (Å²) in [5.41, 5.74) is 71.6. The van der Waals surface area contributed by atoms with Crippen molar-refractivity contribution >= 4 is 95.1 Å². The number of Topliss-reactive ketones (excluding diaryl/α,β-unsaturated/α-hetero) is 4. The first-order valence-electron chi connectivity index (χ1n) is 25.0. The van der Waals surface area contributed by atoms with Gasteiger partial charge >= 0.3 is 0 Å². The van der Waals surface area contributed by atoms with Crippen LogP contribution in [0.15, 0.2) is 30.0 Å². The molecule has 430 valence electrons. The number of ketones is 4. The quantitative estimate of drug-likeness (QED) is 0.0117. The standard InChI is InChI=1S/C45H86N22O8S/c1-25(68)20-26(8-2-14-59-40(47)48)37(73)65-30(11-5-17-62-43(53)54)33(69)21-27(9-3-15-60-41(49)50)38(74)66-31(12-6-18-63-44(55)56)34(70)22-28(10-4-16-61-42(51)52)39(75)67-32(13-7-19-64-45(57)58)35(71)23-29(24-76)36(46)72/h26-32,76H,2-24H2,1H3,(H2,46,72)(H,65,73)(H,66,74)(H,67,75)(H4,47,48,59)(H4,49,50,60)(H4,51,52,61)(H4,53,54,62)(H4,55,56,63)(H4,57,58,64)/t26-,27-,28-,29+,30+,31+,32+/m0/s1. The molecule has 0 bridgehead atoms. The average Bonchev–Trinajstić information content (AvgIpc) is 3.32. The minimum absolute atomic E-state index is 0.0218. The van der Waals surface area contributed by atoms with Gasteiger partial charge in [-0.25, -0.2) is 0 Å². The number of hydrogen-bond acceptors (Lipinski definition) is 15. The molecule has 7 atom stereocenters. The van der Waals surface area contributed by atoms with Crippen LogP contribution in [0.2, 0.25) is 0 Å². The van der Waals surface area contributed by atoms with Crippen LogP contribution in [0.25, 0.3) is 0 Å². The van der Waals surface area contributed by atoms with Gasteiger partial charge in [-0.1, -0.05) is 0 Å². The molecule has 0 aromatic rings. The van der Waals surface area contributed by atoms with Gasteiger partial charge in [-0.2, -0.15) is 12.6 Å². The molecule has 0 radical (unpaired) electrons. The molecule has 0 aliphatic rings. The maximum Gasteiger partial charge on any atom is 0.224 e. The second-order valence-corrected chi connectivity index (χ2v) is 18.5. The van der Waals surface area contributed by atoms with E-state index in [-0.39, 0.29) is 170 Å². The molecule has 76 heavy (non-hydrogen) atoms. The number of carbonyl (C=O) groups is 8. The van der Waals surface area contributed by atoms with Crippen LogP contribution in [-0.2, 0) is 38.4 Å². The zero-order valence-corrected chi connectivity index (χ0v) is 44.6. The molecular formula is C45H86N22O8S. The van der Waals surface area contributed by atoms with Crippen LogP contribution in [-0.4, -0.2) is 146 Å². The van der Waals surface area contributed by atoms with E-state index in [2.05, 4.69) is 58.5 Å². The molecule has 31 heteroatoms. The zero-order valence-electron chi connectivity index (χ0n) is 43.7. The maximum atomic E-state index is 14.5. The molecule has 0 unspecified atom stereocenters. The Hall–Kier alpha value is -7.47. The van der Waals surface area contributed by atoms with Crippen molar-refractivity contribution in [3.63, 3.8) is 0 Å². The average molecular weight is 1100 g/mol. The summed E-state index contributed by atoms with van der Waals surface area (Å²) in [5.74, 6) is -10.0. The van der Waals surface area contributed by atoms with Crippen molar-refractivity contribution in [3.8, 4) is 0 Å². The maximum absolute atomic E-state index is 14.5. The van der Waals surface area contributed by atoms with Crippen LogP contribution in [0.1, 0.15) is 110 Å². The Morgan fingerprint density at radius 2 is 0.579 bits per heavy atom. The predicted octanol–water partition coefficient (Wildman–Crippen LogP) is -5.50. The van der Waals surface area contributed by atoms with Gasteiger partial charge in [-0.15, -0.1) is 0 Å². The van der Waals surface area contributed by atoms with Crippen LogP contribution >= 0.6 is 12.6 Å². The summed E-state index contributed by atoms with van der Waals surface area (Å²) in [4.78, 5) is 133. The number of primary amides is 1. The summed E-state index contributed by atoms with van der Waals surface area (Å²) in [5, 5.41) is 8.30. The molecule has 0 fully saturated rings. The largest absolute Gasteiger partial charge is 0.370 e. The topological polar surface area (TPSA) is 585 Å². The van der Waals surface area contributed by atoms with E-state index >= 15 is 0 Å². The number of nitrogens with one attached hydrogen (secondary N) is 3. The lowest BCUT2D eigenvalue weighted by Gasteiger charge is -2.26. The van der Waals surface area contributed by atoms with E-state index in [1.54, 1.807) is 0 Å². The van der Waals surface area contributed by atoms with E-state index in [4.69, 9.17) is 74.5 Å². The Morgan fingerprint density at radius 1 is 0.355 bits per heavy atom. The summed E-state index contributed by atoms with van der Waals surface area (Å²) < 4.78 is 0. The van der Waals surface area contributed by atoms with E-state index in [9.17, 15) is 38.4 Å². The highest BCUT2D eigenvalue weighted by Gasteiger charge is 2.34. The third kappa shape index (κ3) is 33.4. The molecule has 0 aliphatic heterocycles. The molecule has 0 spiro atoms. The number of nitrogens with two attached hydrogens (primary N) is 13. The van der Waals surface area contributed by atoms with Crippen LogP contribution in [0.3, 0.4) is 0 Å². The third-order valence-electron chi connectivity index (χ3n) is 11.6. The number of guanidine groups is 6. The number of nitrogens with zero attached hydrogens (tertiary/aromatic N) is 6. The van der Waals surface area contributed by atoms with Gasteiger partial charge in [0.2, 0.25) is 23.6 Å². The molecule has 30 nitrogen and oxygen atoms in total. The molecule has 0 saturated heterocycles. The molecule has 0 aromatic carbocycles. The molecular weight excluding hydrogens is 1010 g/mol. The first kappa shape index (κ1) is 68.5. The van der Waals surface area contributed by atoms with E-state index in [0.717, 1.165) is 0 Å². The summed E-state index contributed by atoms with van der Waals surface area (Å²) >= 11 is 4.15. The number of amides is 4. The van der Waals surface area contributed by atoms with Crippen molar-refractivity contribution < 1.29 is 38.4 Å². The van der Waals surface area contributed by atoms with Crippen molar-refractivity contribution in [3.05, 3.63) is 0 Å². The van der Waals surface area contributed by atoms with E-state index in [0.29, 0.717) is 6.42 Å². The lowest BCUT2D eigenvalue weighted by molar-refractivity contribution is -0.136. The third-order valence-corrected chi connectivity index (χ3v) is 12.0. The van der Waals surface area contributed by atoms with Crippen LogP contribution in [0.5, 0.6) is 0 Å². The van der Waals surface area contributed by atoms with Crippen molar-refractivity contribution in [1.29, 1.82) is 0 Å². The number of aliphatic imine (C=N–C) groups is 6. The van der Waals surface area contributed by atoms with E-state index < -0.39 is 95.6 Å². The molecule has 0 rings (SSSR count). The van der Waals surface area contributed by atoms with Crippen molar-refractivity contribution in [1.82, 2.24) is 16.0 Å². The monoisotopic (exact) mass is 1090 g/mol. The minimum Gasteiger partial charge on any atom is -0.370 e. The lowest BCUT2D eigenvalue weighted by Crippen LogP contribution is -2.48. The molecule has 29 N–H and O–H groups in total. The van der Waals surface area contributed by atoms with Gasteiger partial charge in [0.05, 0.1) is 24.0 Å². The van der Waals surface area contributed by atoms with Gasteiger partial charge in [-0.05, 0) is 84.0 Å². The summed E-state index contributed by atoms with van der Waals surface area (Å²) in [6.07, 6.45) is 0.271. The molecule has 0 aliphatic carbocycles. The number of hydrogen-bond donors (Lipinski definition) is 17. The van der Waals surface area contributed by atoms with Crippen molar-refractivity contribution in [2.24, 2.45) is 128 Å². The second-order valence-electron chi connectivity index (χ2n) is 18.2. The molecule has 0 saturated carbocycles. The molecule has 0 heterocycles. The number of rotatable bonds is 43. The fourth-order valence-corrected chi connectivity index (χ4v) is 8.00. The zero-order chi connectivity index (χ0) is 57.8. The summed E-state index contributed by atoms with van der Waals surface area (Å²) in [7, 11) is 0. The van der Waals surface area contributed by atoms with Gasteiger partial charge in [0.1, 0.15) is 5.78 Å². The van der Waals surface area contributed by atoms with Crippen LogP contribution < -0.4 is 90.5 Å². The number of carbonyl (C=O) groups excluding carboxylic acids is 8. The normalized spacial score (nSPS) is 13.5. The minimum atomic E-state index is -1.28. The van der Waals surface area contributed by atoms with E-state index in [1.807, 2.05) is 0 Å². The van der Waals surface area contributed by atoms with E-state index in [1.165, 1.54) is 6.92 Å². The summed E-state index contributed by atoms with van der Waals surface area (Å²) in [6.45, 7) is 1.91. The lowest BCUT2D eigenvalue weighted by atomic mass is 9.89. The highest BCUT2D eigenvalue weighted by molar-refractivity contribution is 7.80. The Kier molecular flexibility index (Phi) is 35.2. The van der Waals surface area contributed by atoms with Gasteiger partial charge < -0.3 is 95.3 Å².